The van der Waals surface area contributed by atoms with Crippen molar-refractivity contribution in [3.8, 4) is 5.75 Å². The number of rotatable bonds is 3. The minimum atomic E-state index is -1.38. The lowest BCUT2D eigenvalue weighted by molar-refractivity contribution is -0.116. The molecule has 1 fully saturated rings. The van der Waals surface area contributed by atoms with Crippen LogP contribution in [0.25, 0.3) is 0 Å². The molecule has 8 nitrogen and oxygen atoms in total. The number of aliphatic hydroxyl groups is 1. The van der Waals surface area contributed by atoms with Crippen molar-refractivity contribution >= 4 is 17.7 Å². The van der Waals surface area contributed by atoms with Gasteiger partial charge in [-0.3, -0.25) is 4.79 Å². The first-order valence-electron chi connectivity index (χ1n) is 8.00. The third-order valence-corrected chi connectivity index (χ3v) is 4.76. The summed E-state index contributed by atoms with van der Waals surface area (Å²) in [4.78, 5) is 23.6. The predicted molar refractivity (Wildman–Crippen MR) is 86.0 cm³/mol. The van der Waals surface area contributed by atoms with Gasteiger partial charge in [0.1, 0.15) is 23.8 Å². The summed E-state index contributed by atoms with van der Waals surface area (Å²) in [6.45, 7) is 0.0148. The molecule has 9 heteroatoms. The number of carbonyl (C=O) groups excluding carboxylic acids is 1. The van der Waals surface area contributed by atoms with E-state index in [0.717, 1.165) is 4.90 Å². The maximum Gasteiger partial charge on any atom is 0.407 e. The number of amides is 2. The van der Waals surface area contributed by atoms with E-state index in [1.165, 1.54) is 12.1 Å². The molecule has 2 atom stereocenters. The van der Waals surface area contributed by atoms with Crippen molar-refractivity contribution < 1.29 is 28.9 Å². The molecule has 0 spiro atoms. The predicted octanol–water partition coefficient (Wildman–Crippen LogP) is 0.531. The Morgan fingerprint density at radius 2 is 2.24 bits per heavy atom. The molecule has 3 rings (SSSR count). The fraction of sp³-hybridized carbons (Fsp3) is 0.500. The quantitative estimate of drug-likeness (QED) is 0.628. The summed E-state index contributed by atoms with van der Waals surface area (Å²) >= 11 is 0. The first-order chi connectivity index (χ1) is 11.8. The zero-order valence-corrected chi connectivity index (χ0v) is 13.5. The van der Waals surface area contributed by atoms with Crippen molar-refractivity contribution in [1.82, 2.24) is 4.90 Å². The molecule has 1 aromatic carbocycles. The van der Waals surface area contributed by atoms with E-state index in [0.29, 0.717) is 17.7 Å². The van der Waals surface area contributed by atoms with Gasteiger partial charge >= 0.3 is 6.09 Å². The summed E-state index contributed by atoms with van der Waals surface area (Å²) in [6, 6.07) is 1.84. The summed E-state index contributed by atoms with van der Waals surface area (Å²) in [5.41, 5.74) is 5.19. The lowest BCUT2D eigenvalue weighted by Crippen LogP contribution is -2.62. The Bertz CT molecular complexity index is 713. The second kappa shape index (κ2) is 6.49. The Balaban J connectivity index is 1.73. The van der Waals surface area contributed by atoms with Crippen LogP contribution in [0.4, 0.5) is 14.9 Å². The van der Waals surface area contributed by atoms with Gasteiger partial charge in [0.15, 0.2) is 0 Å². The van der Waals surface area contributed by atoms with E-state index in [9.17, 15) is 19.1 Å². The van der Waals surface area contributed by atoms with Gasteiger partial charge in [-0.1, -0.05) is 0 Å². The average molecular weight is 353 g/mol. The number of fused-ring (bicyclic) bond motifs is 1. The summed E-state index contributed by atoms with van der Waals surface area (Å²) in [6.07, 6.45) is -0.377. The molecule has 0 saturated carbocycles. The number of ether oxygens (including phenoxy) is 1. The number of anilines is 1. The minimum Gasteiger partial charge on any atom is -0.490 e. The van der Waals surface area contributed by atoms with Crippen molar-refractivity contribution in [3.05, 3.63) is 23.5 Å². The van der Waals surface area contributed by atoms with Gasteiger partial charge < -0.3 is 30.9 Å². The number of likely N-dealkylation sites (tertiary alicyclic amines) is 1. The molecule has 5 N–H and O–H groups in total. The van der Waals surface area contributed by atoms with Gasteiger partial charge in [0.05, 0.1) is 11.7 Å². The molecule has 0 unspecified atom stereocenters. The lowest BCUT2D eigenvalue weighted by atomic mass is 9.88. The molecule has 136 valence electrons. The molecule has 2 aliphatic heterocycles. The van der Waals surface area contributed by atoms with E-state index in [-0.39, 0.29) is 44.1 Å². The first-order valence-corrected chi connectivity index (χ1v) is 8.00. The standard InChI is InChI=1S/C16H20FN3O5/c17-10-2-3-11(9-1-4-13(21)19-14(9)10)25-8-16(24)5-6-20(15(22)23)7-12(16)18/h2-3,12,24H,1,4-8,18H2,(H,19,21)(H,22,23)/t12-,16+/m1/s1. The van der Waals surface area contributed by atoms with E-state index in [1.54, 1.807) is 0 Å². The zero-order valence-electron chi connectivity index (χ0n) is 13.5. The van der Waals surface area contributed by atoms with Gasteiger partial charge in [-0.15, -0.1) is 0 Å². The summed E-state index contributed by atoms with van der Waals surface area (Å²) in [5, 5.41) is 22.2. The highest BCUT2D eigenvalue weighted by molar-refractivity contribution is 5.94. The Morgan fingerprint density at radius 3 is 2.92 bits per heavy atom. The van der Waals surface area contributed by atoms with Crippen molar-refractivity contribution in [2.45, 2.75) is 30.9 Å². The molecular weight excluding hydrogens is 333 g/mol. The molecule has 1 aromatic rings. The molecule has 0 radical (unpaired) electrons. The zero-order chi connectivity index (χ0) is 18.2. The highest BCUT2D eigenvalue weighted by atomic mass is 19.1. The normalized spacial score (nSPS) is 26.0. The number of nitrogens with two attached hydrogens (primary N) is 1. The van der Waals surface area contributed by atoms with E-state index in [1.807, 2.05) is 0 Å². The fourth-order valence-corrected chi connectivity index (χ4v) is 3.13. The van der Waals surface area contributed by atoms with Crippen LogP contribution in [0.5, 0.6) is 5.75 Å². The molecule has 0 aromatic heterocycles. The van der Waals surface area contributed by atoms with Crippen LogP contribution in [0, 0.1) is 5.82 Å². The molecule has 2 amide bonds. The van der Waals surface area contributed by atoms with E-state index in [2.05, 4.69) is 5.32 Å². The largest absolute Gasteiger partial charge is 0.490 e. The van der Waals surface area contributed by atoms with Crippen LogP contribution in [-0.2, 0) is 11.2 Å². The Morgan fingerprint density at radius 1 is 1.48 bits per heavy atom. The van der Waals surface area contributed by atoms with Crippen LogP contribution >= 0.6 is 0 Å². The molecule has 0 bridgehead atoms. The van der Waals surface area contributed by atoms with Gasteiger partial charge in [-0.05, 0) is 25.0 Å². The van der Waals surface area contributed by atoms with E-state index in [4.69, 9.17) is 15.6 Å². The molecule has 2 aliphatic rings. The maximum atomic E-state index is 13.9. The number of hydrogen-bond donors (Lipinski definition) is 4. The number of piperidine rings is 1. The van der Waals surface area contributed by atoms with Crippen LogP contribution < -0.4 is 15.8 Å². The molecule has 1 saturated heterocycles. The highest BCUT2D eigenvalue weighted by Crippen LogP contribution is 2.34. The number of carboxylic acid groups (broad SMARTS) is 1. The topological polar surface area (TPSA) is 125 Å². The highest BCUT2D eigenvalue weighted by Gasteiger charge is 2.41. The Kier molecular flexibility index (Phi) is 4.53. The third kappa shape index (κ3) is 3.38. The second-order valence-corrected chi connectivity index (χ2v) is 6.42. The van der Waals surface area contributed by atoms with Crippen LogP contribution in [0.1, 0.15) is 18.4 Å². The monoisotopic (exact) mass is 353 g/mol. The van der Waals surface area contributed by atoms with E-state index >= 15 is 0 Å². The number of nitrogens with zero attached hydrogens (tertiary/aromatic N) is 1. The summed E-state index contributed by atoms with van der Waals surface area (Å²) in [7, 11) is 0. The van der Waals surface area contributed by atoms with Crippen LogP contribution in [0.15, 0.2) is 12.1 Å². The number of benzene rings is 1. The maximum absolute atomic E-state index is 13.9. The van der Waals surface area contributed by atoms with Crippen molar-refractivity contribution in [2.24, 2.45) is 5.73 Å². The fourth-order valence-electron chi connectivity index (χ4n) is 3.13. The van der Waals surface area contributed by atoms with Crippen LogP contribution in [0.2, 0.25) is 0 Å². The number of carbonyl (C=O) groups is 2. The lowest BCUT2D eigenvalue weighted by Gasteiger charge is -2.41. The van der Waals surface area contributed by atoms with Gasteiger partial charge in [0.2, 0.25) is 5.91 Å². The summed E-state index contributed by atoms with van der Waals surface area (Å²) in [5.74, 6) is -0.427. The smallest absolute Gasteiger partial charge is 0.407 e. The molecule has 0 aliphatic carbocycles. The van der Waals surface area contributed by atoms with Gasteiger partial charge in [0.25, 0.3) is 0 Å². The minimum absolute atomic E-state index is 0.00672. The SMILES string of the molecule is N[C@@H]1CN(C(=O)O)CC[C@]1(O)COc1ccc(F)c2c1CCC(=O)N2. The van der Waals surface area contributed by atoms with Crippen LogP contribution in [0.3, 0.4) is 0 Å². The van der Waals surface area contributed by atoms with Crippen LogP contribution in [-0.4, -0.2) is 58.5 Å². The van der Waals surface area contributed by atoms with Crippen molar-refractivity contribution in [1.29, 1.82) is 0 Å². The number of nitrogens with one attached hydrogen (secondary N) is 1. The Hall–Kier alpha value is -2.39. The molecular formula is C16H20FN3O5. The number of halogens is 1. The molecule has 25 heavy (non-hydrogen) atoms. The summed E-state index contributed by atoms with van der Waals surface area (Å²) < 4.78 is 19.6. The van der Waals surface area contributed by atoms with E-state index < -0.39 is 23.6 Å². The third-order valence-electron chi connectivity index (χ3n) is 4.76. The van der Waals surface area contributed by atoms with Crippen molar-refractivity contribution in [2.75, 3.05) is 25.0 Å². The second-order valence-electron chi connectivity index (χ2n) is 6.42. The van der Waals surface area contributed by atoms with Gasteiger partial charge in [-0.2, -0.15) is 0 Å². The molecule has 2 heterocycles. The first kappa shape index (κ1) is 17.4. The Labute approximate surface area is 143 Å². The average Bonchev–Trinajstić information content (AvgIpc) is 2.57. The van der Waals surface area contributed by atoms with Gasteiger partial charge in [0, 0.05) is 25.1 Å². The van der Waals surface area contributed by atoms with Gasteiger partial charge in [-0.25, -0.2) is 9.18 Å². The number of hydrogen-bond acceptors (Lipinski definition) is 5. The van der Waals surface area contributed by atoms with Crippen molar-refractivity contribution in [3.63, 3.8) is 0 Å².